The molecule has 0 unspecified atom stereocenters. The highest BCUT2D eigenvalue weighted by molar-refractivity contribution is 5.93. The van der Waals surface area contributed by atoms with Crippen LogP contribution in [0.3, 0.4) is 0 Å². The van der Waals surface area contributed by atoms with E-state index in [1.807, 2.05) is 59.2 Å². The zero-order valence-electron chi connectivity index (χ0n) is 25.0. The lowest BCUT2D eigenvalue weighted by Crippen LogP contribution is -2.70. The number of aliphatic hydroxyl groups is 1. The van der Waals surface area contributed by atoms with Gasteiger partial charge in [-0.25, -0.2) is 4.98 Å². The first-order valence-corrected chi connectivity index (χ1v) is 14.4. The number of benzene rings is 2. The van der Waals surface area contributed by atoms with Crippen molar-refractivity contribution >= 4 is 34.2 Å². The van der Waals surface area contributed by atoms with Crippen LogP contribution in [0, 0.1) is 0 Å². The summed E-state index contributed by atoms with van der Waals surface area (Å²) in [6, 6.07) is 11.8. The lowest BCUT2D eigenvalue weighted by Gasteiger charge is -2.47. The van der Waals surface area contributed by atoms with Crippen LogP contribution in [0.4, 0.5) is 11.4 Å². The number of amides is 2. The predicted octanol–water partition coefficient (Wildman–Crippen LogP) is 3.20. The van der Waals surface area contributed by atoms with Crippen LogP contribution in [0.25, 0.3) is 22.3 Å². The summed E-state index contributed by atoms with van der Waals surface area (Å²) < 4.78 is 12.8. The number of methoxy groups -OCH3 is 2. The largest absolute Gasteiger partial charge is 0.497 e. The van der Waals surface area contributed by atoms with E-state index >= 15 is 0 Å². The number of rotatable bonds is 8. The summed E-state index contributed by atoms with van der Waals surface area (Å²) >= 11 is 0. The van der Waals surface area contributed by atoms with Crippen molar-refractivity contribution in [2.24, 2.45) is 0 Å². The minimum atomic E-state index is -1.52. The van der Waals surface area contributed by atoms with E-state index in [1.54, 1.807) is 31.5 Å². The molecule has 12 nitrogen and oxygen atoms in total. The third-order valence-electron chi connectivity index (χ3n) is 8.45. The van der Waals surface area contributed by atoms with E-state index in [0.29, 0.717) is 43.1 Å². The van der Waals surface area contributed by atoms with E-state index in [0.717, 1.165) is 28.0 Å². The summed E-state index contributed by atoms with van der Waals surface area (Å²) in [5.41, 5.74) is 3.42. The molecule has 44 heavy (non-hydrogen) atoms. The molecule has 2 aliphatic heterocycles. The van der Waals surface area contributed by atoms with Gasteiger partial charge in [0.1, 0.15) is 11.5 Å². The molecule has 0 aliphatic carbocycles. The second-order valence-electron chi connectivity index (χ2n) is 11.2. The smallest absolute Gasteiger partial charge is 0.258 e. The minimum Gasteiger partial charge on any atom is -0.497 e. The summed E-state index contributed by atoms with van der Waals surface area (Å²) in [7, 11) is 5.23. The molecule has 4 aromatic rings. The Morgan fingerprint density at radius 2 is 1.70 bits per heavy atom. The van der Waals surface area contributed by atoms with Gasteiger partial charge in [0.2, 0.25) is 5.91 Å². The molecule has 4 heterocycles. The quantitative estimate of drug-likeness (QED) is 0.305. The van der Waals surface area contributed by atoms with E-state index in [1.165, 1.54) is 11.0 Å². The number of β-amino-alcohol motifs (C(OH)–C–C–N with tert-alkyl or cyclic N) is 1. The highest BCUT2D eigenvalue weighted by Crippen LogP contribution is 2.33. The van der Waals surface area contributed by atoms with Crippen LogP contribution >= 0.6 is 0 Å². The molecule has 228 valence electrons. The van der Waals surface area contributed by atoms with Crippen LogP contribution in [-0.2, 0) is 9.59 Å². The first kappa shape index (κ1) is 29.1. The molecule has 2 fully saturated rings. The number of hydrogen-bond acceptors (Lipinski definition) is 9. The van der Waals surface area contributed by atoms with Gasteiger partial charge in [0, 0.05) is 61.5 Å². The van der Waals surface area contributed by atoms with E-state index in [2.05, 4.69) is 16.7 Å². The van der Waals surface area contributed by atoms with Crippen LogP contribution in [0.5, 0.6) is 11.5 Å². The summed E-state index contributed by atoms with van der Waals surface area (Å²) in [5.74, 6) is 0.792. The molecule has 0 radical (unpaired) electrons. The summed E-state index contributed by atoms with van der Waals surface area (Å²) in [6.45, 7) is 4.46. The van der Waals surface area contributed by atoms with Gasteiger partial charge in [-0.1, -0.05) is 6.58 Å². The summed E-state index contributed by atoms with van der Waals surface area (Å²) in [5, 5.41) is 15.3. The number of nitrogens with zero attached hydrogens (tertiary/aromatic N) is 7. The monoisotopic (exact) mass is 597 g/mol. The molecule has 6 rings (SSSR count). The highest BCUT2D eigenvalue weighted by atomic mass is 16.5. The minimum absolute atomic E-state index is 0.000539. The van der Waals surface area contributed by atoms with Crippen LogP contribution < -0.4 is 14.4 Å². The second kappa shape index (κ2) is 11.6. The normalized spacial score (nSPS) is 16.4. The van der Waals surface area contributed by atoms with Crippen molar-refractivity contribution in [3.63, 3.8) is 0 Å². The molecule has 12 heteroatoms. The lowest BCUT2D eigenvalue weighted by molar-refractivity contribution is -0.175. The fourth-order valence-electron chi connectivity index (χ4n) is 5.79. The molecule has 2 aromatic heterocycles. The predicted molar refractivity (Wildman–Crippen MR) is 165 cm³/mol. The topological polar surface area (TPSA) is 126 Å². The van der Waals surface area contributed by atoms with Crippen LogP contribution in [-0.4, -0.2) is 99.5 Å². The molecule has 0 bridgehead atoms. The Balaban J connectivity index is 1.13. The van der Waals surface area contributed by atoms with Crippen molar-refractivity contribution in [1.29, 1.82) is 0 Å². The molecule has 0 spiro atoms. The fraction of sp³-hybridized carbons (Fsp3) is 0.344. The number of piperidine rings is 1. The Morgan fingerprint density at radius 1 is 1.00 bits per heavy atom. The van der Waals surface area contributed by atoms with Gasteiger partial charge in [0.15, 0.2) is 5.60 Å². The Kier molecular flexibility index (Phi) is 7.68. The van der Waals surface area contributed by atoms with Gasteiger partial charge in [0.25, 0.3) is 5.91 Å². The fourth-order valence-corrected chi connectivity index (χ4v) is 5.79. The lowest BCUT2D eigenvalue weighted by atomic mass is 9.91. The van der Waals surface area contributed by atoms with E-state index < -0.39 is 5.60 Å². The van der Waals surface area contributed by atoms with Gasteiger partial charge in [-0.3, -0.25) is 19.3 Å². The van der Waals surface area contributed by atoms with E-state index in [4.69, 9.17) is 14.5 Å². The van der Waals surface area contributed by atoms with Gasteiger partial charge in [-0.15, -0.1) is 0 Å². The van der Waals surface area contributed by atoms with Crippen molar-refractivity contribution in [3.8, 4) is 22.8 Å². The maximum Gasteiger partial charge on any atom is 0.258 e. The SMILES string of the molecule is C=CC(=O)N1CC(O)(C(=O)N2CCC(n3cc(-c4cnc5ccc(N(C)c6cc(OC)cc(OC)c6)cc5n4)cn3)CC2)C1. The summed E-state index contributed by atoms with van der Waals surface area (Å²) in [4.78, 5) is 39.4. The Bertz CT molecular complexity index is 1700. The maximum atomic E-state index is 13.0. The average Bonchev–Trinajstić information content (AvgIpc) is 3.55. The number of hydrogen-bond donors (Lipinski definition) is 1. The Labute approximate surface area is 255 Å². The molecule has 2 amide bonds. The number of carbonyl (C=O) groups is 2. The van der Waals surface area contributed by atoms with Gasteiger partial charge >= 0.3 is 0 Å². The number of ether oxygens (including phenoxy) is 2. The highest BCUT2D eigenvalue weighted by Gasteiger charge is 2.51. The van der Waals surface area contributed by atoms with Crippen molar-refractivity contribution in [2.45, 2.75) is 24.5 Å². The van der Waals surface area contributed by atoms with Crippen molar-refractivity contribution in [1.82, 2.24) is 29.5 Å². The third kappa shape index (κ3) is 5.44. The molecule has 2 saturated heterocycles. The van der Waals surface area contributed by atoms with Gasteiger partial charge < -0.3 is 29.3 Å². The molecular weight excluding hydrogens is 562 g/mol. The first-order valence-electron chi connectivity index (χ1n) is 14.4. The van der Waals surface area contributed by atoms with Crippen LogP contribution in [0.1, 0.15) is 18.9 Å². The molecule has 1 N–H and O–H groups in total. The maximum absolute atomic E-state index is 13.0. The molecule has 0 saturated carbocycles. The van der Waals surface area contributed by atoms with Crippen LogP contribution in [0.2, 0.25) is 0 Å². The number of likely N-dealkylation sites (tertiary alicyclic amines) is 2. The first-order chi connectivity index (χ1) is 21.2. The Morgan fingerprint density at radius 3 is 2.36 bits per heavy atom. The van der Waals surface area contributed by atoms with Gasteiger partial charge in [-0.05, 0) is 37.1 Å². The van der Waals surface area contributed by atoms with Crippen molar-refractivity contribution < 1.29 is 24.2 Å². The number of carbonyl (C=O) groups excluding carboxylic acids is 2. The number of fused-ring (bicyclic) bond motifs is 1. The standard InChI is InChI=1S/C32H35N7O5/c1-5-30(40)38-19-32(42,20-38)31(41)37-10-8-22(9-11-37)39-18-21(16-34-39)29-17-33-27-7-6-23(14-28(27)35-29)36(2)24-12-25(43-3)15-26(13-24)44-4/h5-7,12-18,22,42H,1,8-11,19-20H2,2-4H3. The van der Waals surface area contributed by atoms with E-state index in [-0.39, 0.29) is 30.9 Å². The molecular formula is C32H35N7O5. The molecule has 2 aromatic carbocycles. The molecule has 0 atom stereocenters. The van der Waals surface area contributed by atoms with Crippen LogP contribution in [0.15, 0.2) is 67.6 Å². The van der Waals surface area contributed by atoms with Crippen molar-refractivity contribution in [2.75, 3.05) is 52.3 Å². The Hall–Kier alpha value is -4.97. The van der Waals surface area contributed by atoms with Gasteiger partial charge in [0.05, 0.1) is 62.5 Å². The van der Waals surface area contributed by atoms with Crippen molar-refractivity contribution in [3.05, 3.63) is 67.6 Å². The zero-order valence-corrected chi connectivity index (χ0v) is 25.0. The van der Waals surface area contributed by atoms with Gasteiger partial charge in [-0.2, -0.15) is 5.10 Å². The summed E-state index contributed by atoms with van der Waals surface area (Å²) in [6.07, 6.45) is 8.09. The average molecular weight is 598 g/mol. The number of aromatic nitrogens is 4. The number of anilines is 2. The zero-order chi connectivity index (χ0) is 31.0. The molecule has 2 aliphatic rings. The second-order valence-corrected chi connectivity index (χ2v) is 11.2. The third-order valence-corrected chi connectivity index (χ3v) is 8.45. The van der Waals surface area contributed by atoms with E-state index in [9.17, 15) is 14.7 Å².